The molecule has 0 saturated carbocycles. The number of allylic oxidation sites excluding steroid dienone is 6. The second-order valence-corrected chi connectivity index (χ2v) is 8.58. The fourth-order valence-electron chi connectivity index (χ4n) is 3.60. The Labute approximate surface area is 210 Å². The molecule has 1 aromatic carbocycles. The average molecular weight is 492 g/mol. The summed E-state index contributed by atoms with van der Waals surface area (Å²) in [6, 6.07) is 1.71. The van der Waals surface area contributed by atoms with E-state index in [1.165, 1.54) is 6.08 Å². The molecule has 1 aliphatic rings. The smallest absolute Gasteiger partial charge is 0.333 e. The molecule has 35 heavy (non-hydrogen) atoms. The number of hydrogen-bond acceptors (Lipinski definition) is 8. The Bertz CT molecular complexity index is 1120. The molecule has 0 unspecified atom stereocenters. The van der Waals surface area contributed by atoms with Crippen molar-refractivity contribution in [3.8, 4) is 5.75 Å². The summed E-state index contributed by atoms with van der Waals surface area (Å²) >= 11 is 0. The number of benzene rings is 1. The molecule has 2 rings (SSSR count). The Morgan fingerprint density at radius 3 is 2.46 bits per heavy atom. The Morgan fingerprint density at radius 2 is 1.80 bits per heavy atom. The number of esters is 1. The quantitative estimate of drug-likeness (QED) is 0.248. The zero-order chi connectivity index (χ0) is 28.8. The summed E-state index contributed by atoms with van der Waals surface area (Å²) in [5, 5.41) is 38.8. The summed E-state index contributed by atoms with van der Waals surface area (Å²) in [4.78, 5) is 12.2. The van der Waals surface area contributed by atoms with Crippen LogP contribution in [-0.4, -0.2) is 70.7 Å². The van der Waals surface area contributed by atoms with Gasteiger partial charge in [-0.15, -0.1) is 0 Å². The van der Waals surface area contributed by atoms with Crippen molar-refractivity contribution in [3.63, 3.8) is 0 Å². The van der Waals surface area contributed by atoms with Crippen LogP contribution in [0.25, 0.3) is 6.08 Å². The number of methoxy groups -OCH3 is 1. The first kappa shape index (κ1) is 24.0. The van der Waals surface area contributed by atoms with E-state index in [1.54, 1.807) is 25.1 Å². The fourth-order valence-corrected chi connectivity index (χ4v) is 3.60. The fraction of sp³-hybridized carbons (Fsp3) is 0.444. The highest BCUT2D eigenvalue weighted by Gasteiger charge is 2.45. The second kappa shape index (κ2) is 12.8. The lowest BCUT2D eigenvalue weighted by Crippen LogP contribution is -2.59. The van der Waals surface area contributed by atoms with Gasteiger partial charge < -0.3 is 34.6 Å². The summed E-state index contributed by atoms with van der Waals surface area (Å²) in [5.41, 5.74) is 4.97. The Hall–Kier alpha value is -2.75. The van der Waals surface area contributed by atoms with Gasteiger partial charge in [0.25, 0.3) is 0 Å². The number of aryl methyl sites for hydroxylation is 1. The van der Waals surface area contributed by atoms with E-state index in [1.807, 2.05) is 45.9 Å². The van der Waals surface area contributed by atoms with Gasteiger partial charge in [-0.05, 0) is 68.5 Å². The van der Waals surface area contributed by atoms with Crippen molar-refractivity contribution in [1.82, 2.24) is 0 Å². The van der Waals surface area contributed by atoms with Crippen molar-refractivity contribution in [2.45, 2.75) is 65.3 Å². The lowest BCUT2D eigenvalue weighted by molar-refractivity contribution is -0.291. The molecule has 4 N–H and O–H groups in total. The van der Waals surface area contributed by atoms with Gasteiger partial charge in [-0.25, -0.2) is 4.79 Å². The molecule has 0 bridgehead atoms. The number of rotatable bonds is 8. The zero-order valence-corrected chi connectivity index (χ0v) is 20.6. The molecule has 0 aromatic heterocycles. The van der Waals surface area contributed by atoms with Crippen LogP contribution in [-0.2, 0) is 14.3 Å². The number of aliphatic hydroxyl groups is 4. The number of carbonyl (C=O) groups is 1. The van der Waals surface area contributed by atoms with Gasteiger partial charge in [0.05, 0.1) is 17.8 Å². The average Bonchev–Trinajstić information content (AvgIpc) is 2.81. The molecule has 1 aromatic rings. The molecule has 1 aliphatic heterocycles. The third-order valence-electron chi connectivity index (χ3n) is 5.88. The maximum Gasteiger partial charge on any atom is 0.333 e. The molecule has 5 atom stereocenters. The minimum atomic E-state index is -2.52. The molecule has 1 heterocycles. The summed E-state index contributed by atoms with van der Waals surface area (Å²) in [5.74, 6) is -0.496. The largest absolute Gasteiger partial charge is 0.496 e. The molecule has 0 radical (unpaired) electrons. The van der Waals surface area contributed by atoms with Gasteiger partial charge in [0.2, 0.25) is 6.29 Å². The van der Waals surface area contributed by atoms with E-state index in [0.29, 0.717) is 11.3 Å². The molecule has 8 heteroatoms. The van der Waals surface area contributed by atoms with Crippen LogP contribution >= 0.6 is 0 Å². The first-order valence-corrected chi connectivity index (χ1v) is 11.2. The minimum Gasteiger partial charge on any atom is -0.496 e. The molecule has 0 spiro atoms. The van der Waals surface area contributed by atoms with Gasteiger partial charge in [-0.1, -0.05) is 36.0 Å². The number of ether oxygens (including phenoxy) is 3. The van der Waals surface area contributed by atoms with Crippen LogP contribution in [0.15, 0.2) is 47.6 Å². The van der Waals surface area contributed by atoms with E-state index in [4.69, 9.17) is 18.3 Å². The van der Waals surface area contributed by atoms with Gasteiger partial charge in [-0.2, -0.15) is 0 Å². The van der Waals surface area contributed by atoms with Gasteiger partial charge in [0.15, 0.2) is 0 Å². The highest BCUT2D eigenvalue weighted by Crippen LogP contribution is 2.28. The molecule has 0 aliphatic carbocycles. The maximum absolute atomic E-state index is 12.2. The van der Waals surface area contributed by atoms with Gasteiger partial charge in [0, 0.05) is 6.08 Å². The number of aliphatic hydroxyl groups excluding tert-OH is 4. The highest BCUT2D eigenvalue weighted by molar-refractivity contribution is 5.83. The van der Waals surface area contributed by atoms with Crippen molar-refractivity contribution < 1.29 is 43.5 Å². The Kier molecular flexibility index (Phi) is 8.77. The third-order valence-corrected chi connectivity index (χ3v) is 5.88. The van der Waals surface area contributed by atoms with Crippen LogP contribution < -0.4 is 4.74 Å². The van der Waals surface area contributed by atoms with Gasteiger partial charge >= 0.3 is 5.97 Å². The topological polar surface area (TPSA) is 126 Å². The van der Waals surface area contributed by atoms with Crippen LogP contribution in [0, 0.1) is 20.8 Å². The second-order valence-electron chi connectivity index (χ2n) is 8.58. The van der Waals surface area contributed by atoms with E-state index in [2.05, 4.69) is 0 Å². The lowest BCUT2D eigenvalue weighted by atomic mass is 9.96. The summed E-state index contributed by atoms with van der Waals surface area (Å²) < 4.78 is 37.3. The summed E-state index contributed by atoms with van der Waals surface area (Å²) in [6.45, 7) is 8.55. The predicted molar refractivity (Wildman–Crippen MR) is 133 cm³/mol. The summed E-state index contributed by atoms with van der Waals surface area (Å²) in [7, 11) is -2.52. The predicted octanol–water partition coefficient (Wildman–Crippen LogP) is 2.43. The lowest BCUT2D eigenvalue weighted by Gasteiger charge is -2.38. The maximum atomic E-state index is 12.2. The molecular formula is C27H36O8. The van der Waals surface area contributed by atoms with Crippen LogP contribution in [0.2, 0.25) is 0 Å². The number of hydrogen-bond donors (Lipinski definition) is 4. The molecule has 1 fully saturated rings. The minimum absolute atomic E-state index is 0.333. The van der Waals surface area contributed by atoms with E-state index in [-0.39, 0.29) is 0 Å². The van der Waals surface area contributed by atoms with E-state index in [9.17, 15) is 25.2 Å². The molecule has 192 valence electrons. The van der Waals surface area contributed by atoms with Crippen molar-refractivity contribution in [2.75, 3.05) is 13.6 Å². The van der Waals surface area contributed by atoms with Gasteiger partial charge in [-0.3, -0.25) is 0 Å². The normalized spacial score (nSPS) is 27.6. The van der Waals surface area contributed by atoms with Crippen LogP contribution in [0.5, 0.6) is 5.75 Å². The van der Waals surface area contributed by atoms with E-state index >= 15 is 0 Å². The summed E-state index contributed by atoms with van der Waals surface area (Å²) in [6.07, 6.45) is 2.72. The number of carbonyl (C=O) groups excluding carboxylic acids is 1. The van der Waals surface area contributed by atoms with Crippen molar-refractivity contribution in [3.05, 3.63) is 69.8 Å². The van der Waals surface area contributed by atoms with Gasteiger partial charge in [0.1, 0.15) is 30.2 Å². The van der Waals surface area contributed by atoms with Crippen molar-refractivity contribution in [1.29, 1.82) is 0 Å². The van der Waals surface area contributed by atoms with Crippen molar-refractivity contribution in [2.24, 2.45) is 0 Å². The first-order chi connectivity index (χ1) is 17.6. The van der Waals surface area contributed by atoms with E-state index < -0.39 is 50.3 Å². The SMILES string of the molecule is [2H]C([2H])([2H])Oc1cc(C)c(/C=C/C(C)=C/C=C/C(C)=C/C(=O)O[C@@H]2O[C@H](CO)[C@@H](O)[C@H](O)[C@H]2O)c(C)c1C. The highest BCUT2D eigenvalue weighted by atomic mass is 16.7. The zero-order valence-electron chi connectivity index (χ0n) is 23.6. The molecule has 0 amide bonds. The van der Waals surface area contributed by atoms with Crippen LogP contribution in [0.1, 0.15) is 40.2 Å². The monoisotopic (exact) mass is 491 g/mol. The third kappa shape index (κ3) is 7.37. The molecule has 8 nitrogen and oxygen atoms in total. The Morgan fingerprint density at radius 1 is 1.09 bits per heavy atom. The van der Waals surface area contributed by atoms with Crippen LogP contribution in [0.4, 0.5) is 0 Å². The molecular weight excluding hydrogens is 452 g/mol. The Balaban J connectivity index is 2.04. The van der Waals surface area contributed by atoms with E-state index in [0.717, 1.165) is 27.8 Å². The van der Waals surface area contributed by atoms with Crippen molar-refractivity contribution >= 4 is 12.0 Å². The molecule has 1 saturated heterocycles. The standard InChI is InChI=1S/C27H36O8/c1-15(10-11-20-17(3)13-21(33-6)19(5)18(20)4)8-7-9-16(2)12-23(29)35-27-26(32)25(31)24(30)22(14-28)34-27/h7-13,22,24-28,30-32H,14H2,1-6H3/b9-7+,11-10+,15-8+,16-12+/t22-,24-,25+,26-,27+/m1/s1/i6D3. The first-order valence-electron chi connectivity index (χ1n) is 12.7. The van der Waals surface area contributed by atoms with Crippen LogP contribution in [0.3, 0.4) is 0 Å².